The fraction of sp³-hybridized carbons (Fsp3) is 0. The van der Waals surface area contributed by atoms with Crippen LogP contribution < -0.4 is 17.4 Å². The van der Waals surface area contributed by atoms with Crippen molar-refractivity contribution in [3.63, 3.8) is 0 Å². The highest BCUT2D eigenvalue weighted by Crippen LogP contribution is 2.20. The molecule has 1 aromatic rings. The maximum atomic E-state index is 13.5. The molecule has 0 amide bonds. The van der Waals surface area contributed by atoms with E-state index in [0.29, 0.717) is 16.5 Å². The minimum atomic E-state index is -0.642. The fourth-order valence-electron chi connectivity index (χ4n) is 1.64. The van der Waals surface area contributed by atoms with Crippen molar-refractivity contribution >= 4 is 24.1 Å². The largest absolute Gasteiger partial charge is 1.00 e. The zero-order valence-corrected chi connectivity index (χ0v) is 9.70. The number of hydrogen-bond acceptors (Lipinski definition) is 3. The van der Waals surface area contributed by atoms with Gasteiger partial charge in [0.15, 0.2) is 12.5 Å². The van der Waals surface area contributed by atoms with Crippen LogP contribution in [-0.2, 0) is 0 Å². The average Bonchev–Trinajstić information content (AvgIpc) is 2.75. The minimum Gasteiger partial charge on any atom is -1.00 e. The Morgan fingerprint density at radius 2 is 2.00 bits per heavy atom. The normalized spacial score (nSPS) is 20.0. The predicted molar refractivity (Wildman–Crippen MR) is 59.7 cm³/mol. The van der Waals surface area contributed by atoms with Gasteiger partial charge in [-0.15, -0.1) is 5.01 Å². The maximum Gasteiger partial charge on any atom is 0.277 e. The second-order valence-corrected chi connectivity index (χ2v) is 3.56. The molecule has 0 aliphatic carbocycles. The minimum absolute atomic E-state index is 0. The molecule has 2 aliphatic heterocycles. The van der Waals surface area contributed by atoms with Crippen LogP contribution in [0.2, 0.25) is 0 Å². The summed E-state index contributed by atoms with van der Waals surface area (Å²) in [4.78, 5) is 8.04. The molecule has 1 unspecified atom stereocenters. The van der Waals surface area contributed by atoms with Gasteiger partial charge in [0, 0.05) is 11.6 Å². The summed E-state index contributed by atoms with van der Waals surface area (Å²) in [6.45, 7) is 0. The summed E-state index contributed by atoms with van der Waals surface area (Å²) in [7, 11) is 0. The molecule has 0 spiro atoms. The molecule has 0 saturated carbocycles. The number of amidine groups is 1. The average molecular weight is 269 g/mol. The van der Waals surface area contributed by atoms with Crippen LogP contribution in [-0.4, -0.2) is 18.4 Å². The molecule has 1 N–H and O–H groups in total. The lowest BCUT2D eigenvalue weighted by atomic mass is 10.1. The lowest BCUT2D eigenvalue weighted by Crippen LogP contribution is -3.05. The zero-order valence-electron chi connectivity index (χ0n) is 8.94. The number of nitrogens with one attached hydrogen (secondary N) is 1. The van der Waals surface area contributed by atoms with Crippen molar-refractivity contribution in [3.8, 4) is 0 Å². The second-order valence-electron chi connectivity index (χ2n) is 3.56. The summed E-state index contributed by atoms with van der Waals surface area (Å²) in [5, 5.41) is 4.64. The molecule has 3 rings (SSSR count). The summed E-state index contributed by atoms with van der Waals surface area (Å²) < 4.78 is 26.3. The van der Waals surface area contributed by atoms with Gasteiger partial charge in [0.05, 0.1) is 0 Å². The fourth-order valence-corrected chi connectivity index (χ4v) is 1.64. The Kier molecular flexibility index (Phi) is 3.31. The predicted octanol–water partition coefficient (Wildman–Crippen LogP) is -2.41. The van der Waals surface area contributed by atoms with E-state index >= 15 is 0 Å². The van der Waals surface area contributed by atoms with Crippen LogP contribution >= 0.6 is 0 Å². The molecule has 0 radical (unpaired) electrons. The topological polar surface area (TPSA) is 41.5 Å². The van der Waals surface area contributed by atoms with Gasteiger partial charge in [-0.2, -0.15) is 4.99 Å². The number of halogens is 3. The highest BCUT2D eigenvalue weighted by Gasteiger charge is 2.23. The Morgan fingerprint density at radius 3 is 2.78 bits per heavy atom. The van der Waals surface area contributed by atoms with E-state index < -0.39 is 11.6 Å². The molecular weight excluding hydrogens is 262 g/mol. The van der Waals surface area contributed by atoms with Gasteiger partial charge >= 0.3 is 0 Å². The summed E-state index contributed by atoms with van der Waals surface area (Å²) in [5.41, 5.74) is 0.659. The number of quaternary nitrogens is 1. The number of nitrogens with zero attached hydrogens (tertiary/aromatic N) is 3. The van der Waals surface area contributed by atoms with E-state index in [1.54, 1.807) is 6.20 Å². The monoisotopic (exact) mass is 268 g/mol. The Hall–Kier alpha value is -1.92. The van der Waals surface area contributed by atoms with Gasteiger partial charge < -0.3 is 12.4 Å². The molecule has 4 nitrogen and oxygen atoms in total. The van der Waals surface area contributed by atoms with Crippen molar-refractivity contribution in [2.45, 2.75) is 0 Å². The third kappa shape index (κ3) is 2.07. The Morgan fingerprint density at radius 1 is 1.17 bits per heavy atom. The molecule has 7 heteroatoms. The van der Waals surface area contributed by atoms with Crippen LogP contribution in [0, 0.1) is 11.6 Å². The van der Waals surface area contributed by atoms with Crippen molar-refractivity contribution in [2.24, 2.45) is 15.1 Å². The lowest BCUT2D eigenvalue weighted by Gasteiger charge is -2.09. The van der Waals surface area contributed by atoms with E-state index in [1.807, 2.05) is 0 Å². The number of hydrogen-bond donors (Lipinski definition) is 1. The molecule has 0 aromatic heterocycles. The van der Waals surface area contributed by atoms with Crippen molar-refractivity contribution in [3.05, 3.63) is 41.6 Å². The molecule has 2 heterocycles. The van der Waals surface area contributed by atoms with E-state index in [-0.39, 0.29) is 18.0 Å². The van der Waals surface area contributed by atoms with Gasteiger partial charge in [0.1, 0.15) is 23.5 Å². The highest BCUT2D eigenvalue weighted by molar-refractivity contribution is 6.28. The van der Waals surface area contributed by atoms with Gasteiger partial charge in [-0.1, -0.05) is 5.10 Å². The first-order chi connectivity index (χ1) is 8.24. The highest BCUT2D eigenvalue weighted by atomic mass is 35.5. The number of fused-ring (bicyclic) bond motifs is 1. The smallest absolute Gasteiger partial charge is 0.277 e. The summed E-state index contributed by atoms with van der Waals surface area (Å²) >= 11 is 0. The summed E-state index contributed by atoms with van der Waals surface area (Å²) in [6.07, 6.45) is 4.55. The van der Waals surface area contributed by atoms with Crippen LogP contribution in [0.5, 0.6) is 0 Å². The van der Waals surface area contributed by atoms with E-state index in [9.17, 15) is 8.78 Å². The van der Waals surface area contributed by atoms with Gasteiger partial charge in [-0.05, 0) is 12.1 Å². The van der Waals surface area contributed by atoms with E-state index in [0.717, 1.165) is 6.07 Å². The molecule has 0 bridgehead atoms. The number of benzene rings is 1. The number of rotatable bonds is 1. The molecule has 0 fully saturated rings. The quantitative estimate of drug-likeness (QED) is 0.590. The second kappa shape index (κ2) is 4.75. The maximum absolute atomic E-state index is 13.5. The van der Waals surface area contributed by atoms with Crippen molar-refractivity contribution in [2.75, 3.05) is 0 Å². The third-order valence-corrected chi connectivity index (χ3v) is 2.46. The van der Waals surface area contributed by atoms with Crippen LogP contribution in [0.25, 0.3) is 5.70 Å². The van der Waals surface area contributed by atoms with Crippen LogP contribution in [0.15, 0.2) is 39.5 Å². The van der Waals surface area contributed by atoms with E-state index in [1.165, 1.54) is 24.7 Å². The molecule has 0 saturated heterocycles. The van der Waals surface area contributed by atoms with Gasteiger partial charge in [0.2, 0.25) is 0 Å². The Balaban J connectivity index is 0.00000120. The Bertz CT molecular complexity index is 607. The molecule has 18 heavy (non-hydrogen) atoms. The summed E-state index contributed by atoms with van der Waals surface area (Å²) in [6, 6.07) is 3.38. The van der Waals surface area contributed by atoms with Crippen molar-refractivity contribution in [1.82, 2.24) is 0 Å². The van der Waals surface area contributed by atoms with Crippen LogP contribution in [0.3, 0.4) is 0 Å². The van der Waals surface area contributed by atoms with Gasteiger partial charge in [-0.3, -0.25) is 0 Å². The summed E-state index contributed by atoms with van der Waals surface area (Å²) in [5.74, 6) is -0.604. The van der Waals surface area contributed by atoms with Gasteiger partial charge in [0.25, 0.3) is 5.84 Å². The standard InChI is InChI=1S/C11H6F2N4.ClH/c12-7-1-2-8(9(13)3-7)10-5-17-11(4-14-10)15-6-16-17;/h1-6H;1H. The molecule has 1 atom stereocenters. The number of aliphatic imine (C=N–C) groups is 2. The van der Waals surface area contributed by atoms with Crippen LogP contribution in [0.4, 0.5) is 8.78 Å². The first-order valence-corrected chi connectivity index (χ1v) is 4.93. The van der Waals surface area contributed by atoms with Crippen LogP contribution in [0.1, 0.15) is 5.56 Å². The van der Waals surface area contributed by atoms with E-state index in [4.69, 9.17) is 0 Å². The molecule has 1 aromatic carbocycles. The third-order valence-electron chi connectivity index (χ3n) is 2.46. The first kappa shape index (κ1) is 12.5. The van der Waals surface area contributed by atoms with Crippen molar-refractivity contribution in [1.29, 1.82) is 0 Å². The zero-order chi connectivity index (χ0) is 11.8. The lowest BCUT2D eigenvalue weighted by molar-refractivity contribution is -0.747. The van der Waals surface area contributed by atoms with Gasteiger partial charge in [-0.25, -0.2) is 13.8 Å². The first-order valence-electron chi connectivity index (χ1n) is 4.93. The SMILES string of the molecule is Fc1ccc(C2=C[NH+]3N=CN=C3C=N2)c(F)c1.[Cl-]. The molecule has 92 valence electrons. The molecule has 2 aliphatic rings. The van der Waals surface area contributed by atoms with E-state index in [2.05, 4.69) is 15.1 Å². The Labute approximate surface area is 107 Å². The van der Waals surface area contributed by atoms with Crippen molar-refractivity contribution < 1.29 is 26.2 Å². The molecular formula is C11H7ClF2N4.